The van der Waals surface area contributed by atoms with Crippen molar-refractivity contribution < 1.29 is 5.11 Å². The first-order chi connectivity index (χ1) is 18.7. The van der Waals surface area contributed by atoms with E-state index in [1.807, 2.05) is 80.6 Å². The number of aromatic nitrogens is 3. The second-order valence-corrected chi connectivity index (χ2v) is 10.4. The molecular weight excluding hydrogens is 508 g/mol. The summed E-state index contributed by atoms with van der Waals surface area (Å²) >= 11 is 6.19. The summed E-state index contributed by atoms with van der Waals surface area (Å²) in [5.74, 6) is 2.68. The van der Waals surface area contributed by atoms with Gasteiger partial charge in [0, 0.05) is 42.2 Å². The average molecular weight is 537 g/mol. The first kappa shape index (κ1) is 26.5. The van der Waals surface area contributed by atoms with Gasteiger partial charge in [0.15, 0.2) is 5.60 Å². The Morgan fingerprint density at radius 1 is 1.05 bits per heavy atom. The fraction of sp³-hybridized carbons (Fsp3) is 0.188. The molecule has 0 saturated heterocycles. The smallest absolute Gasteiger partial charge is 0.251 e. The van der Waals surface area contributed by atoms with Crippen molar-refractivity contribution in [2.45, 2.75) is 12.1 Å². The second kappa shape index (κ2) is 10.5. The monoisotopic (exact) mass is 536 g/mol. The number of imidazole rings is 1. The summed E-state index contributed by atoms with van der Waals surface area (Å²) in [6.45, 7) is 1.22. The summed E-state index contributed by atoms with van der Waals surface area (Å²) in [4.78, 5) is 19.7. The van der Waals surface area contributed by atoms with Gasteiger partial charge >= 0.3 is 0 Å². The van der Waals surface area contributed by atoms with E-state index in [0.29, 0.717) is 34.9 Å². The number of rotatable bonds is 7. The van der Waals surface area contributed by atoms with Crippen LogP contribution >= 0.6 is 11.6 Å². The molecule has 7 heteroatoms. The Morgan fingerprint density at radius 3 is 2.46 bits per heavy atom. The van der Waals surface area contributed by atoms with Crippen LogP contribution < -0.4 is 5.56 Å². The van der Waals surface area contributed by atoms with Gasteiger partial charge in [0.25, 0.3) is 5.56 Å². The van der Waals surface area contributed by atoms with E-state index in [-0.39, 0.29) is 5.56 Å². The zero-order valence-corrected chi connectivity index (χ0v) is 22.9. The van der Waals surface area contributed by atoms with Crippen molar-refractivity contribution in [2.24, 2.45) is 7.05 Å². The van der Waals surface area contributed by atoms with E-state index < -0.39 is 5.60 Å². The van der Waals surface area contributed by atoms with Crippen LogP contribution in [0.4, 0.5) is 0 Å². The van der Waals surface area contributed by atoms with Gasteiger partial charge < -0.3 is 19.1 Å². The second-order valence-electron chi connectivity index (χ2n) is 9.92. The molecule has 2 aromatic heterocycles. The molecule has 3 aromatic carbocycles. The van der Waals surface area contributed by atoms with Gasteiger partial charge in [-0.05, 0) is 72.7 Å². The predicted octanol–water partition coefficient (Wildman–Crippen LogP) is 4.88. The zero-order chi connectivity index (χ0) is 27.7. The molecule has 39 heavy (non-hydrogen) atoms. The summed E-state index contributed by atoms with van der Waals surface area (Å²) < 4.78 is 3.58. The van der Waals surface area contributed by atoms with Crippen molar-refractivity contribution >= 4 is 22.5 Å². The number of aliphatic hydroxyl groups is 1. The molecule has 0 amide bonds. The number of hydrogen-bond donors (Lipinski definition) is 1. The zero-order valence-electron chi connectivity index (χ0n) is 22.1. The van der Waals surface area contributed by atoms with Crippen LogP contribution in [0.2, 0.25) is 5.02 Å². The molecule has 1 atom stereocenters. The molecule has 0 spiro atoms. The van der Waals surface area contributed by atoms with Gasteiger partial charge in [-0.25, -0.2) is 4.98 Å². The SMILES string of the molecule is C#Cc1cccc(-c2cc(=O)n(CCN(C)C)c3ccc([C@](O)(c4ccc(Cl)cc4)c4cncn4C)cc23)c1. The number of aryl methyl sites for hydroxylation is 1. The fourth-order valence-corrected chi connectivity index (χ4v) is 5.14. The molecule has 0 aliphatic heterocycles. The lowest BCUT2D eigenvalue weighted by Gasteiger charge is -2.30. The van der Waals surface area contributed by atoms with E-state index in [9.17, 15) is 9.90 Å². The summed E-state index contributed by atoms with van der Waals surface area (Å²) in [6, 6.07) is 22.1. The average Bonchev–Trinajstić information content (AvgIpc) is 3.38. The molecule has 6 nitrogen and oxygen atoms in total. The van der Waals surface area contributed by atoms with E-state index in [2.05, 4.69) is 10.9 Å². The molecule has 5 aromatic rings. The van der Waals surface area contributed by atoms with Crippen LogP contribution in [0, 0.1) is 12.3 Å². The molecule has 0 radical (unpaired) electrons. The molecule has 0 bridgehead atoms. The molecule has 5 rings (SSSR count). The lowest BCUT2D eigenvalue weighted by molar-refractivity contribution is 0.117. The lowest BCUT2D eigenvalue weighted by Crippen LogP contribution is -2.31. The highest BCUT2D eigenvalue weighted by Crippen LogP contribution is 2.39. The van der Waals surface area contributed by atoms with Crippen LogP contribution in [0.15, 0.2) is 90.1 Å². The van der Waals surface area contributed by atoms with Crippen LogP contribution in [0.5, 0.6) is 0 Å². The summed E-state index contributed by atoms with van der Waals surface area (Å²) in [5.41, 5.74) is 3.32. The van der Waals surface area contributed by atoms with Gasteiger partial charge in [-0.2, -0.15) is 0 Å². The summed E-state index contributed by atoms with van der Waals surface area (Å²) in [5, 5.41) is 13.9. The van der Waals surface area contributed by atoms with Gasteiger partial charge in [-0.15, -0.1) is 6.42 Å². The minimum Gasteiger partial charge on any atom is -0.374 e. The minimum atomic E-state index is -1.54. The quantitative estimate of drug-likeness (QED) is 0.301. The number of fused-ring (bicyclic) bond motifs is 1. The van der Waals surface area contributed by atoms with Gasteiger partial charge in [-0.1, -0.05) is 47.9 Å². The van der Waals surface area contributed by atoms with Gasteiger partial charge in [0.2, 0.25) is 0 Å². The molecule has 2 heterocycles. The third kappa shape index (κ3) is 4.88. The Morgan fingerprint density at radius 2 is 1.79 bits per heavy atom. The highest BCUT2D eigenvalue weighted by molar-refractivity contribution is 6.30. The Labute approximate surface area is 232 Å². The van der Waals surface area contributed by atoms with Gasteiger partial charge in [0.1, 0.15) is 0 Å². The molecule has 0 unspecified atom stereocenters. The van der Waals surface area contributed by atoms with Crippen LogP contribution in [-0.2, 0) is 19.2 Å². The number of pyridine rings is 1. The first-order valence-electron chi connectivity index (χ1n) is 12.6. The highest BCUT2D eigenvalue weighted by Gasteiger charge is 2.37. The maximum atomic E-state index is 13.4. The van der Waals surface area contributed by atoms with Crippen molar-refractivity contribution in [3.63, 3.8) is 0 Å². The molecule has 0 aliphatic rings. The number of likely N-dealkylation sites (N-methyl/N-ethyl adjacent to an activating group) is 1. The largest absolute Gasteiger partial charge is 0.374 e. The van der Waals surface area contributed by atoms with E-state index in [1.54, 1.807) is 39.9 Å². The van der Waals surface area contributed by atoms with Crippen molar-refractivity contribution in [1.29, 1.82) is 0 Å². The van der Waals surface area contributed by atoms with E-state index in [1.165, 1.54) is 0 Å². The minimum absolute atomic E-state index is 0.0993. The number of halogens is 1. The molecule has 1 N–H and O–H groups in total. The molecule has 196 valence electrons. The molecule has 0 saturated carbocycles. The number of hydrogen-bond acceptors (Lipinski definition) is 4. The Kier molecular flexibility index (Phi) is 7.16. The Hall–Kier alpha value is -4.15. The third-order valence-electron chi connectivity index (χ3n) is 7.09. The number of terminal acetylenes is 1. The van der Waals surface area contributed by atoms with E-state index in [4.69, 9.17) is 18.0 Å². The third-order valence-corrected chi connectivity index (χ3v) is 7.34. The van der Waals surface area contributed by atoms with Crippen LogP contribution in [0.1, 0.15) is 22.4 Å². The Bertz CT molecular complexity index is 1760. The van der Waals surface area contributed by atoms with Crippen molar-refractivity contribution in [1.82, 2.24) is 19.0 Å². The topological polar surface area (TPSA) is 63.3 Å². The number of benzene rings is 3. The molecule has 0 aliphatic carbocycles. The normalized spacial score (nSPS) is 12.9. The number of nitrogens with zero attached hydrogens (tertiary/aromatic N) is 4. The predicted molar refractivity (Wildman–Crippen MR) is 157 cm³/mol. The van der Waals surface area contributed by atoms with Gasteiger partial charge in [0.05, 0.1) is 23.7 Å². The van der Waals surface area contributed by atoms with E-state index in [0.717, 1.165) is 27.6 Å². The fourth-order valence-electron chi connectivity index (χ4n) is 5.02. The molecular formula is C32H29ClN4O2. The summed E-state index contributed by atoms with van der Waals surface area (Å²) in [7, 11) is 5.80. The Balaban J connectivity index is 1.83. The molecule has 0 fully saturated rings. The first-order valence-corrected chi connectivity index (χ1v) is 12.9. The van der Waals surface area contributed by atoms with Crippen molar-refractivity contribution in [3.8, 4) is 23.5 Å². The van der Waals surface area contributed by atoms with Crippen LogP contribution in [0.3, 0.4) is 0 Å². The maximum absolute atomic E-state index is 13.4. The van der Waals surface area contributed by atoms with Crippen molar-refractivity contribution in [2.75, 3.05) is 20.6 Å². The van der Waals surface area contributed by atoms with Gasteiger partial charge in [-0.3, -0.25) is 4.79 Å². The van der Waals surface area contributed by atoms with Crippen molar-refractivity contribution in [3.05, 3.63) is 123 Å². The lowest BCUT2D eigenvalue weighted by atomic mass is 9.82. The summed E-state index contributed by atoms with van der Waals surface area (Å²) in [6.07, 6.45) is 9.01. The standard InChI is InChI=1S/C32H29ClN4O2/c1-5-22-7-6-8-23(17-22)27-19-31(38)37(16-15-35(2)3)29-14-11-25(18-28(27)29)32(39,30-20-34-21-36(30)4)24-9-12-26(33)13-10-24/h1,6-14,17-21,39H,15-16H2,2-4H3/t32-/m1/s1. The van der Waals surface area contributed by atoms with Crippen LogP contribution in [0.25, 0.3) is 22.0 Å². The van der Waals surface area contributed by atoms with Crippen LogP contribution in [-0.4, -0.2) is 44.8 Å². The maximum Gasteiger partial charge on any atom is 0.251 e. The van der Waals surface area contributed by atoms with E-state index >= 15 is 0 Å². The highest BCUT2D eigenvalue weighted by atomic mass is 35.5.